The van der Waals surface area contributed by atoms with Crippen LogP contribution in [0.15, 0.2) is 54.7 Å². The van der Waals surface area contributed by atoms with E-state index in [-0.39, 0.29) is 11.7 Å². The van der Waals surface area contributed by atoms with Crippen LogP contribution in [0, 0.1) is 0 Å². The van der Waals surface area contributed by atoms with Gasteiger partial charge in [0.15, 0.2) is 0 Å². The van der Waals surface area contributed by atoms with Gasteiger partial charge in [-0.3, -0.25) is 4.79 Å². The largest absolute Gasteiger partial charge is 0.312 e. The first-order chi connectivity index (χ1) is 13.3. The van der Waals surface area contributed by atoms with Crippen LogP contribution in [0.25, 0.3) is 17.0 Å². The van der Waals surface area contributed by atoms with Crippen molar-refractivity contribution in [3.63, 3.8) is 0 Å². The van der Waals surface area contributed by atoms with Gasteiger partial charge in [-0.25, -0.2) is 12.4 Å². The van der Waals surface area contributed by atoms with Crippen LogP contribution in [0.2, 0.25) is 5.02 Å². The second-order valence-electron chi connectivity index (χ2n) is 6.80. The molecule has 3 aromatic rings. The Balaban J connectivity index is 1.54. The van der Waals surface area contributed by atoms with Gasteiger partial charge in [0.2, 0.25) is 15.9 Å². The van der Waals surface area contributed by atoms with E-state index in [1.807, 2.05) is 18.2 Å². The van der Waals surface area contributed by atoms with E-state index in [1.54, 1.807) is 54.4 Å². The number of rotatable bonds is 4. The average Bonchev–Trinajstić information content (AvgIpc) is 3.25. The number of benzene rings is 2. The van der Waals surface area contributed by atoms with Gasteiger partial charge in [0, 0.05) is 35.8 Å². The molecule has 144 valence electrons. The van der Waals surface area contributed by atoms with E-state index in [2.05, 4.69) is 0 Å². The molecule has 1 aromatic heterocycles. The molecular formula is C21H19ClN2O3S. The van der Waals surface area contributed by atoms with Crippen molar-refractivity contribution in [2.24, 2.45) is 0 Å². The molecule has 1 aliphatic heterocycles. The van der Waals surface area contributed by atoms with Crippen LogP contribution in [0.4, 0.5) is 5.69 Å². The first-order valence-corrected chi connectivity index (χ1v) is 10.9. The number of halogens is 1. The molecule has 2 aromatic carbocycles. The van der Waals surface area contributed by atoms with Gasteiger partial charge in [-0.2, -0.15) is 0 Å². The molecule has 2 heterocycles. The summed E-state index contributed by atoms with van der Waals surface area (Å²) in [7, 11) is -3.52. The molecule has 5 nitrogen and oxygen atoms in total. The maximum atomic E-state index is 12.7. The fraction of sp³-hybridized carbons (Fsp3) is 0.190. The van der Waals surface area contributed by atoms with Crippen molar-refractivity contribution in [3.8, 4) is 0 Å². The maximum Gasteiger partial charge on any atom is 0.242 e. The fourth-order valence-corrected chi connectivity index (χ4v) is 4.96. The van der Waals surface area contributed by atoms with Crippen molar-refractivity contribution >= 4 is 50.2 Å². The average molecular weight is 415 g/mol. The summed E-state index contributed by atoms with van der Waals surface area (Å²) < 4.78 is 26.7. The highest BCUT2D eigenvalue weighted by molar-refractivity contribution is 7.90. The zero-order chi connectivity index (χ0) is 19.9. The van der Waals surface area contributed by atoms with Gasteiger partial charge in [-0.1, -0.05) is 29.8 Å². The second-order valence-corrected chi connectivity index (χ2v) is 9.13. The lowest BCUT2D eigenvalue weighted by atomic mass is 10.1. The van der Waals surface area contributed by atoms with E-state index in [4.69, 9.17) is 11.6 Å². The molecule has 0 unspecified atom stereocenters. The number of amides is 1. The minimum Gasteiger partial charge on any atom is -0.312 e. The number of aromatic nitrogens is 1. The van der Waals surface area contributed by atoms with Gasteiger partial charge in [-0.05, 0) is 53.9 Å². The molecule has 0 saturated carbocycles. The summed E-state index contributed by atoms with van der Waals surface area (Å²) in [6.45, 7) is 2.25. The van der Waals surface area contributed by atoms with Crippen molar-refractivity contribution in [3.05, 3.63) is 70.9 Å². The number of hydrogen-bond donors (Lipinski definition) is 0. The van der Waals surface area contributed by atoms with Gasteiger partial charge in [0.1, 0.15) is 0 Å². The lowest BCUT2D eigenvalue weighted by molar-refractivity contribution is -0.116. The molecule has 0 saturated heterocycles. The predicted octanol–water partition coefficient (Wildman–Crippen LogP) is 4.10. The molecule has 1 aliphatic rings. The molecule has 4 rings (SSSR count). The third kappa shape index (κ3) is 3.45. The van der Waals surface area contributed by atoms with E-state index in [1.165, 1.54) is 3.97 Å². The first kappa shape index (κ1) is 18.8. The normalized spacial score (nSPS) is 14.1. The summed E-state index contributed by atoms with van der Waals surface area (Å²) in [5.74, 6) is -0.0795. The Hall–Kier alpha value is -2.57. The van der Waals surface area contributed by atoms with Crippen molar-refractivity contribution in [1.29, 1.82) is 0 Å². The number of fused-ring (bicyclic) bond motifs is 2. The van der Waals surface area contributed by atoms with Crippen LogP contribution < -0.4 is 4.90 Å². The van der Waals surface area contributed by atoms with E-state index in [0.717, 1.165) is 28.6 Å². The highest BCUT2D eigenvalue weighted by atomic mass is 35.5. The number of carbonyl (C=O) groups excluding carboxylic acids is 1. The molecule has 0 fully saturated rings. The van der Waals surface area contributed by atoms with Crippen LogP contribution in [0.5, 0.6) is 0 Å². The van der Waals surface area contributed by atoms with Gasteiger partial charge in [-0.15, -0.1) is 0 Å². The monoisotopic (exact) mass is 414 g/mol. The smallest absolute Gasteiger partial charge is 0.242 e. The summed E-state index contributed by atoms with van der Waals surface area (Å²) in [5.41, 5.74) is 3.58. The Morgan fingerprint density at radius 1 is 1.18 bits per heavy atom. The molecule has 0 N–H and O–H groups in total. The number of nitrogens with zero attached hydrogens (tertiary/aromatic N) is 2. The SMILES string of the molecule is CC(=O)N1CCc2cc(C=CCS(=O)(=O)n3ccc4cc(Cl)ccc43)ccc21. The summed E-state index contributed by atoms with van der Waals surface area (Å²) in [6, 6.07) is 12.7. The third-order valence-electron chi connectivity index (χ3n) is 4.91. The van der Waals surface area contributed by atoms with Crippen LogP contribution >= 0.6 is 11.6 Å². The molecule has 0 bridgehead atoms. The van der Waals surface area contributed by atoms with Crippen molar-refractivity contribution < 1.29 is 13.2 Å². The number of carbonyl (C=O) groups is 1. The van der Waals surface area contributed by atoms with Gasteiger partial charge < -0.3 is 4.90 Å². The standard InChI is InChI=1S/C21H19ClN2O3S/c1-15(25)23-10-8-17-13-16(4-6-20(17)23)3-2-12-28(26,27)24-11-9-18-14-19(22)5-7-21(18)24/h2-7,9,11,13-14H,8,10,12H2,1H3. The van der Waals surface area contributed by atoms with Crippen LogP contribution in [0.1, 0.15) is 18.1 Å². The summed E-state index contributed by atoms with van der Waals surface area (Å²) in [6.07, 6.45) is 5.82. The van der Waals surface area contributed by atoms with Gasteiger partial charge in [0.05, 0.1) is 11.3 Å². The third-order valence-corrected chi connectivity index (χ3v) is 6.68. The highest BCUT2D eigenvalue weighted by Crippen LogP contribution is 2.29. The van der Waals surface area contributed by atoms with Crippen LogP contribution in [0.3, 0.4) is 0 Å². The van der Waals surface area contributed by atoms with Crippen LogP contribution in [-0.4, -0.2) is 30.6 Å². The zero-order valence-electron chi connectivity index (χ0n) is 15.3. The van der Waals surface area contributed by atoms with Crippen molar-refractivity contribution in [2.75, 3.05) is 17.2 Å². The maximum absolute atomic E-state index is 12.7. The van der Waals surface area contributed by atoms with E-state index < -0.39 is 10.0 Å². The van der Waals surface area contributed by atoms with E-state index in [9.17, 15) is 13.2 Å². The van der Waals surface area contributed by atoms with Crippen molar-refractivity contribution in [2.45, 2.75) is 13.3 Å². The lowest BCUT2D eigenvalue weighted by Gasteiger charge is -2.14. The molecule has 7 heteroatoms. The minimum atomic E-state index is -3.52. The molecular weight excluding hydrogens is 396 g/mol. The molecule has 0 radical (unpaired) electrons. The van der Waals surface area contributed by atoms with E-state index >= 15 is 0 Å². The fourth-order valence-electron chi connectivity index (χ4n) is 3.57. The molecule has 0 atom stereocenters. The summed E-state index contributed by atoms with van der Waals surface area (Å²) in [5, 5.41) is 1.36. The first-order valence-electron chi connectivity index (χ1n) is 8.92. The summed E-state index contributed by atoms with van der Waals surface area (Å²) in [4.78, 5) is 13.4. The quantitative estimate of drug-likeness (QED) is 0.645. The number of hydrogen-bond acceptors (Lipinski definition) is 3. The molecule has 0 aliphatic carbocycles. The number of anilines is 1. The second kappa shape index (κ2) is 7.11. The Morgan fingerprint density at radius 3 is 2.79 bits per heavy atom. The van der Waals surface area contributed by atoms with Crippen LogP contribution in [-0.2, 0) is 21.2 Å². The van der Waals surface area contributed by atoms with Crippen molar-refractivity contribution in [1.82, 2.24) is 3.97 Å². The molecule has 0 spiro atoms. The molecule has 1 amide bonds. The Kier molecular flexibility index (Phi) is 4.77. The molecule has 28 heavy (non-hydrogen) atoms. The minimum absolute atomic E-state index is 0.0355. The highest BCUT2D eigenvalue weighted by Gasteiger charge is 2.21. The Morgan fingerprint density at radius 2 is 2.00 bits per heavy atom. The predicted molar refractivity (Wildman–Crippen MR) is 113 cm³/mol. The van der Waals surface area contributed by atoms with Gasteiger partial charge in [0.25, 0.3) is 0 Å². The Labute approximate surface area is 168 Å². The van der Waals surface area contributed by atoms with E-state index in [0.29, 0.717) is 17.1 Å². The Bertz CT molecular complexity index is 1210. The topological polar surface area (TPSA) is 59.4 Å². The van der Waals surface area contributed by atoms with Gasteiger partial charge >= 0.3 is 0 Å². The zero-order valence-corrected chi connectivity index (χ0v) is 16.9. The summed E-state index contributed by atoms with van der Waals surface area (Å²) >= 11 is 5.97. The lowest BCUT2D eigenvalue weighted by Crippen LogP contribution is -2.25.